The van der Waals surface area contributed by atoms with E-state index in [9.17, 15) is 0 Å². The van der Waals surface area contributed by atoms with E-state index in [4.69, 9.17) is 4.74 Å². The first-order valence-corrected chi connectivity index (χ1v) is 9.60. The van der Waals surface area contributed by atoms with Crippen LogP contribution in [0.25, 0.3) is 0 Å². The number of nitrogens with zero attached hydrogens (tertiary/aromatic N) is 2. The molecule has 2 rings (SSSR count). The van der Waals surface area contributed by atoms with E-state index in [2.05, 4.69) is 45.6 Å². The van der Waals surface area contributed by atoms with Gasteiger partial charge in [0.15, 0.2) is 5.96 Å². The Labute approximate surface area is 176 Å². The lowest BCUT2D eigenvalue weighted by molar-refractivity contribution is 0.415. The van der Waals surface area contributed by atoms with E-state index >= 15 is 0 Å². The lowest BCUT2D eigenvalue weighted by atomic mass is 10.1. The average Bonchev–Trinajstić information content (AvgIpc) is 3.13. The third-order valence-electron chi connectivity index (χ3n) is 4.81. The second-order valence-corrected chi connectivity index (χ2v) is 6.74. The summed E-state index contributed by atoms with van der Waals surface area (Å²) in [6.07, 6.45) is 6.30. The van der Waals surface area contributed by atoms with E-state index in [0.29, 0.717) is 5.92 Å². The Hall–Kier alpha value is -1.18. The molecule has 26 heavy (non-hydrogen) atoms. The number of hydrogen-bond acceptors (Lipinski definition) is 3. The van der Waals surface area contributed by atoms with Crippen LogP contribution in [0.2, 0.25) is 0 Å². The molecule has 1 saturated heterocycles. The summed E-state index contributed by atoms with van der Waals surface area (Å²) in [5.41, 5.74) is 1.25. The summed E-state index contributed by atoms with van der Waals surface area (Å²) < 4.78 is 5.33. The first-order chi connectivity index (χ1) is 12.3. The van der Waals surface area contributed by atoms with Crippen LogP contribution in [0.4, 0.5) is 5.69 Å². The average molecular weight is 474 g/mol. The summed E-state index contributed by atoms with van der Waals surface area (Å²) in [6, 6.07) is 8.33. The van der Waals surface area contributed by atoms with Gasteiger partial charge in [-0.1, -0.05) is 32.3 Å². The Bertz CT molecular complexity index is 538. The molecular weight excluding hydrogens is 439 g/mol. The maximum atomic E-state index is 5.33. The number of halogens is 1. The molecule has 0 aliphatic carbocycles. The standard InChI is InChI=1S/C20H34N4O.HI/c1-4-5-6-7-12-22-20(21-2)23-15-17-11-13-24(16-17)18-9-8-10-19(14-18)25-3;/h8-10,14,17H,4-7,11-13,15-16H2,1-3H3,(H2,21,22,23);1H. The van der Waals surface area contributed by atoms with Crippen LogP contribution in [0.1, 0.15) is 39.0 Å². The lowest BCUT2D eigenvalue weighted by Gasteiger charge is -2.20. The second kappa shape index (κ2) is 13.1. The predicted octanol–water partition coefficient (Wildman–Crippen LogP) is 3.88. The number of rotatable bonds is 9. The van der Waals surface area contributed by atoms with E-state index in [1.165, 1.54) is 37.8 Å². The van der Waals surface area contributed by atoms with Crippen molar-refractivity contribution in [3.8, 4) is 5.75 Å². The van der Waals surface area contributed by atoms with Crippen molar-refractivity contribution in [2.75, 3.05) is 45.2 Å². The molecule has 1 unspecified atom stereocenters. The predicted molar refractivity (Wildman–Crippen MR) is 122 cm³/mol. The van der Waals surface area contributed by atoms with Gasteiger partial charge in [-0.2, -0.15) is 0 Å². The second-order valence-electron chi connectivity index (χ2n) is 6.74. The largest absolute Gasteiger partial charge is 0.497 e. The quantitative estimate of drug-likeness (QED) is 0.247. The van der Waals surface area contributed by atoms with Gasteiger partial charge in [0.1, 0.15) is 5.75 Å². The van der Waals surface area contributed by atoms with E-state index in [1.807, 2.05) is 13.1 Å². The molecule has 0 radical (unpaired) electrons. The van der Waals surface area contributed by atoms with Crippen molar-refractivity contribution in [2.24, 2.45) is 10.9 Å². The van der Waals surface area contributed by atoms with Crippen molar-refractivity contribution in [2.45, 2.75) is 39.0 Å². The summed E-state index contributed by atoms with van der Waals surface area (Å²) in [6.45, 7) is 6.38. The molecular formula is C20H35IN4O. The molecule has 5 nitrogen and oxygen atoms in total. The van der Waals surface area contributed by atoms with Crippen molar-refractivity contribution in [1.29, 1.82) is 0 Å². The third-order valence-corrected chi connectivity index (χ3v) is 4.81. The molecule has 0 amide bonds. The van der Waals surface area contributed by atoms with E-state index in [1.54, 1.807) is 7.11 Å². The van der Waals surface area contributed by atoms with Gasteiger partial charge in [0.05, 0.1) is 7.11 Å². The SMILES string of the molecule is CCCCCCNC(=NC)NCC1CCN(c2cccc(OC)c2)C1.I. The van der Waals surface area contributed by atoms with Gasteiger partial charge in [-0.25, -0.2) is 0 Å². The summed E-state index contributed by atoms with van der Waals surface area (Å²) in [5, 5.41) is 6.90. The first kappa shape index (κ1) is 22.9. The number of benzene rings is 1. The highest BCUT2D eigenvalue weighted by Gasteiger charge is 2.23. The van der Waals surface area contributed by atoms with Crippen LogP contribution < -0.4 is 20.3 Å². The van der Waals surface area contributed by atoms with Gasteiger partial charge in [-0.15, -0.1) is 24.0 Å². The van der Waals surface area contributed by atoms with E-state index in [0.717, 1.165) is 37.9 Å². The molecule has 0 aromatic heterocycles. The molecule has 1 aliphatic rings. The maximum absolute atomic E-state index is 5.33. The zero-order chi connectivity index (χ0) is 17.9. The highest BCUT2D eigenvalue weighted by molar-refractivity contribution is 14.0. The molecule has 0 saturated carbocycles. The van der Waals surface area contributed by atoms with E-state index in [-0.39, 0.29) is 24.0 Å². The Balaban J connectivity index is 0.00000338. The Morgan fingerprint density at radius 3 is 2.85 bits per heavy atom. The zero-order valence-corrected chi connectivity index (χ0v) is 18.8. The molecule has 1 atom stereocenters. The Morgan fingerprint density at radius 2 is 2.12 bits per heavy atom. The summed E-state index contributed by atoms with van der Waals surface area (Å²) in [7, 11) is 3.56. The maximum Gasteiger partial charge on any atom is 0.190 e. The minimum atomic E-state index is 0. The molecule has 2 N–H and O–H groups in total. The van der Waals surface area contributed by atoms with Gasteiger partial charge >= 0.3 is 0 Å². The molecule has 1 aromatic rings. The number of methoxy groups -OCH3 is 1. The van der Waals surface area contributed by atoms with Crippen LogP contribution in [-0.4, -0.2) is 46.3 Å². The van der Waals surface area contributed by atoms with Gasteiger partial charge in [-0.3, -0.25) is 4.99 Å². The number of anilines is 1. The van der Waals surface area contributed by atoms with Crippen LogP contribution in [0.5, 0.6) is 5.75 Å². The molecule has 148 valence electrons. The summed E-state index contributed by atoms with van der Waals surface area (Å²) in [4.78, 5) is 6.77. The molecule has 1 aromatic carbocycles. The minimum absolute atomic E-state index is 0. The number of aliphatic imine (C=N–C) groups is 1. The van der Waals surface area contributed by atoms with Crippen molar-refractivity contribution in [3.05, 3.63) is 24.3 Å². The Morgan fingerprint density at radius 1 is 1.27 bits per heavy atom. The van der Waals surface area contributed by atoms with Crippen LogP contribution in [0, 0.1) is 5.92 Å². The Kier molecular flexibility index (Phi) is 11.5. The fourth-order valence-corrected chi connectivity index (χ4v) is 3.26. The van der Waals surface area contributed by atoms with Crippen molar-refractivity contribution < 1.29 is 4.74 Å². The topological polar surface area (TPSA) is 48.9 Å². The van der Waals surface area contributed by atoms with Crippen LogP contribution in [0.3, 0.4) is 0 Å². The molecule has 1 aliphatic heterocycles. The highest BCUT2D eigenvalue weighted by atomic mass is 127. The van der Waals surface area contributed by atoms with Crippen molar-refractivity contribution in [3.63, 3.8) is 0 Å². The fraction of sp³-hybridized carbons (Fsp3) is 0.650. The number of guanidine groups is 1. The lowest BCUT2D eigenvalue weighted by Crippen LogP contribution is -2.40. The van der Waals surface area contributed by atoms with Gasteiger partial charge in [0.2, 0.25) is 0 Å². The molecule has 0 bridgehead atoms. The van der Waals surface area contributed by atoms with E-state index < -0.39 is 0 Å². The normalized spacial score (nSPS) is 17.0. The number of hydrogen-bond donors (Lipinski definition) is 2. The zero-order valence-electron chi connectivity index (χ0n) is 16.5. The molecule has 1 heterocycles. The molecule has 0 spiro atoms. The molecule has 1 fully saturated rings. The smallest absolute Gasteiger partial charge is 0.190 e. The van der Waals surface area contributed by atoms with Crippen molar-refractivity contribution >= 4 is 35.6 Å². The van der Waals surface area contributed by atoms with Crippen LogP contribution in [0.15, 0.2) is 29.3 Å². The van der Waals surface area contributed by atoms with Gasteiger partial charge < -0.3 is 20.3 Å². The van der Waals surface area contributed by atoms with Crippen molar-refractivity contribution in [1.82, 2.24) is 10.6 Å². The monoisotopic (exact) mass is 474 g/mol. The van der Waals surface area contributed by atoms with Crippen LogP contribution >= 0.6 is 24.0 Å². The van der Waals surface area contributed by atoms with Crippen LogP contribution in [-0.2, 0) is 0 Å². The van der Waals surface area contributed by atoms with Gasteiger partial charge in [0.25, 0.3) is 0 Å². The molecule has 6 heteroatoms. The minimum Gasteiger partial charge on any atom is -0.497 e. The summed E-state index contributed by atoms with van der Waals surface area (Å²) in [5.74, 6) is 2.49. The number of unbranched alkanes of at least 4 members (excludes halogenated alkanes) is 3. The number of ether oxygens (including phenoxy) is 1. The third kappa shape index (κ3) is 7.60. The van der Waals surface area contributed by atoms with Gasteiger partial charge in [0, 0.05) is 45.0 Å². The first-order valence-electron chi connectivity index (χ1n) is 9.60. The highest BCUT2D eigenvalue weighted by Crippen LogP contribution is 2.26. The summed E-state index contributed by atoms with van der Waals surface area (Å²) >= 11 is 0. The fourth-order valence-electron chi connectivity index (χ4n) is 3.26. The van der Waals surface area contributed by atoms with Gasteiger partial charge in [-0.05, 0) is 30.9 Å². The number of nitrogens with one attached hydrogen (secondary N) is 2.